The molecule has 0 aliphatic carbocycles. The highest BCUT2D eigenvalue weighted by atomic mass is 19.4. The van der Waals surface area contributed by atoms with E-state index < -0.39 is 23.6 Å². The molecule has 0 fully saturated rings. The van der Waals surface area contributed by atoms with Crippen LogP contribution in [0.4, 0.5) is 18.9 Å². The quantitative estimate of drug-likeness (QED) is 0.869. The second-order valence-corrected chi connectivity index (χ2v) is 5.04. The van der Waals surface area contributed by atoms with Gasteiger partial charge >= 0.3 is 6.18 Å². The molecule has 2 N–H and O–H groups in total. The number of rotatable bonds is 5. The summed E-state index contributed by atoms with van der Waals surface area (Å²) in [6.07, 6.45) is -4.50. The predicted octanol–water partition coefficient (Wildman–Crippen LogP) is 3.08. The van der Waals surface area contributed by atoms with Crippen molar-refractivity contribution in [3.8, 4) is 5.75 Å². The molecule has 0 aliphatic rings. The van der Waals surface area contributed by atoms with Crippen molar-refractivity contribution in [2.45, 2.75) is 6.18 Å². The van der Waals surface area contributed by atoms with Gasteiger partial charge in [-0.15, -0.1) is 0 Å². The van der Waals surface area contributed by atoms with Crippen LogP contribution in [0, 0.1) is 0 Å². The fourth-order valence-electron chi connectivity index (χ4n) is 2.01. The average Bonchev–Trinajstić information content (AvgIpc) is 2.59. The van der Waals surface area contributed by atoms with Crippen LogP contribution in [0.15, 0.2) is 48.5 Å². The Morgan fingerprint density at radius 1 is 1.08 bits per heavy atom. The van der Waals surface area contributed by atoms with Gasteiger partial charge in [-0.05, 0) is 36.4 Å². The van der Waals surface area contributed by atoms with Crippen LogP contribution in [-0.2, 0) is 11.0 Å². The number of hydrogen-bond acceptors (Lipinski definition) is 3. The Kier molecular flexibility index (Phi) is 5.63. The van der Waals surface area contributed by atoms with Crippen molar-refractivity contribution < 1.29 is 27.5 Å². The first kappa shape index (κ1) is 18.3. The standard InChI is InChI=1S/C17H15F3N2O3/c1-25-14-7-2-4-11(8-14)16(24)21-10-15(23)22-13-6-3-5-12(9-13)17(18,19)20/h2-9H,10H2,1H3,(H,21,24)(H,22,23). The van der Waals surface area contributed by atoms with E-state index in [2.05, 4.69) is 10.6 Å². The first-order valence-corrected chi connectivity index (χ1v) is 7.19. The lowest BCUT2D eigenvalue weighted by molar-refractivity contribution is -0.137. The highest BCUT2D eigenvalue weighted by molar-refractivity contribution is 5.99. The van der Waals surface area contributed by atoms with Crippen LogP contribution in [0.1, 0.15) is 15.9 Å². The van der Waals surface area contributed by atoms with Crippen molar-refractivity contribution in [1.29, 1.82) is 0 Å². The molecule has 5 nitrogen and oxygen atoms in total. The van der Waals surface area contributed by atoms with E-state index in [-0.39, 0.29) is 12.2 Å². The molecule has 0 saturated heterocycles. The topological polar surface area (TPSA) is 67.4 Å². The largest absolute Gasteiger partial charge is 0.497 e. The number of nitrogens with one attached hydrogen (secondary N) is 2. The van der Waals surface area contributed by atoms with Crippen LogP contribution in [0.25, 0.3) is 0 Å². The number of methoxy groups -OCH3 is 1. The van der Waals surface area contributed by atoms with Gasteiger partial charge in [0, 0.05) is 11.3 Å². The molecule has 25 heavy (non-hydrogen) atoms. The number of carbonyl (C=O) groups is 2. The second-order valence-electron chi connectivity index (χ2n) is 5.04. The number of hydrogen-bond donors (Lipinski definition) is 2. The fourth-order valence-corrected chi connectivity index (χ4v) is 2.01. The molecular formula is C17H15F3N2O3. The number of carbonyl (C=O) groups excluding carboxylic acids is 2. The maximum absolute atomic E-state index is 12.6. The van der Waals surface area contributed by atoms with Gasteiger partial charge in [-0.3, -0.25) is 9.59 Å². The van der Waals surface area contributed by atoms with Crippen LogP contribution in [0.2, 0.25) is 0 Å². The van der Waals surface area contributed by atoms with Gasteiger partial charge < -0.3 is 15.4 Å². The molecule has 0 radical (unpaired) electrons. The minimum Gasteiger partial charge on any atom is -0.497 e. The summed E-state index contributed by atoms with van der Waals surface area (Å²) in [5, 5.41) is 4.69. The Bertz CT molecular complexity index is 776. The third-order valence-electron chi connectivity index (χ3n) is 3.22. The number of alkyl halides is 3. The Labute approximate surface area is 141 Å². The Hall–Kier alpha value is -3.03. The minimum atomic E-state index is -4.50. The number of amides is 2. The van der Waals surface area contributed by atoms with Crippen LogP contribution in [-0.4, -0.2) is 25.5 Å². The van der Waals surface area contributed by atoms with Crippen molar-refractivity contribution in [2.24, 2.45) is 0 Å². The second kappa shape index (κ2) is 7.69. The predicted molar refractivity (Wildman–Crippen MR) is 85.4 cm³/mol. The molecule has 0 unspecified atom stereocenters. The molecule has 0 saturated carbocycles. The molecule has 8 heteroatoms. The zero-order chi connectivity index (χ0) is 18.4. The molecule has 0 aromatic heterocycles. The molecule has 0 heterocycles. The maximum atomic E-state index is 12.6. The Morgan fingerprint density at radius 2 is 1.80 bits per heavy atom. The fraction of sp³-hybridized carbons (Fsp3) is 0.176. The summed E-state index contributed by atoms with van der Waals surface area (Å²) < 4.78 is 42.9. The summed E-state index contributed by atoms with van der Waals surface area (Å²) >= 11 is 0. The van der Waals surface area contributed by atoms with Crippen LogP contribution in [0.5, 0.6) is 5.75 Å². The highest BCUT2D eigenvalue weighted by Gasteiger charge is 2.30. The summed E-state index contributed by atoms with van der Waals surface area (Å²) in [4.78, 5) is 23.8. The van der Waals surface area contributed by atoms with Crippen molar-refractivity contribution in [1.82, 2.24) is 5.32 Å². The van der Waals surface area contributed by atoms with E-state index in [0.29, 0.717) is 11.3 Å². The first-order valence-electron chi connectivity index (χ1n) is 7.19. The maximum Gasteiger partial charge on any atom is 0.416 e. The smallest absolute Gasteiger partial charge is 0.416 e. The molecule has 0 bridgehead atoms. The first-order chi connectivity index (χ1) is 11.8. The minimum absolute atomic E-state index is 0.00421. The Balaban J connectivity index is 1.93. The third kappa shape index (κ3) is 5.23. The van der Waals surface area contributed by atoms with E-state index in [1.54, 1.807) is 18.2 Å². The van der Waals surface area contributed by atoms with Crippen LogP contribution in [0.3, 0.4) is 0 Å². The lowest BCUT2D eigenvalue weighted by Gasteiger charge is -2.10. The molecule has 2 amide bonds. The van der Waals surface area contributed by atoms with Gasteiger partial charge in [0.05, 0.1) is 19.2 Å². The Morgan fingerprint density at radius 3 is 2.48 bits per heavy atom. The lowest BCUT2D eigenvalue weighted by Crippen LogP contribution is -2.32. The molecule has 0 atom stereocenters. The van der Waals surface area contributed by atoms with E-state index in [4.69, 9.17) is 4.74 Å². The van der Waals surface area contributed by atoms with Crippen LogP contribution < -0.4 is 15.4 Å². The zero-order valence-corrected chi connectivity index (χ0v) is 13.2. The van der Waals surface area contributed by atoms with Crippen molar-refractivity contribution in [3.63, 3.8) is 0 Å². The van der Waals surface area contributed by atoms with Gasteiger partial charge in [-0.25, -0.2) is 0 Å². The zero-order valence-electron chi connectivity index (χ0n) is 13.2. The molecular weight excluding hydrogens is 337 g/mol. The van der Waals surface area contributed by atoms with Crippen molar-refractivity contribution >= 4 is 17.5 Å². The number of halogens is 3. The summed E-state index contributed by atoms with van der Waals surface area (Å²) in [6, 6.07) is 10.6. The molecule has 2 aromatic carbocycles. The summed E-state index contributed by atoms with van der Waals surface area (Å²) in [5.41, 5.74) is -0.576. The van der Waals surface area contributed by atoms with Crippen LogP contribution >= 0.6 is 0 Å². The van der Waals surface area contributed by atoms with Gasteiger partial charge in [0.2, 0.25) is 5.91 Å². The number of anilines is 1. The molecule has 2 aromatic rings. The molecule has 2 rings (SSSR count). The molecule has 0 spiro atoms. The van der Waals surface area contributed by atoms with E-state index in [1.165, 1.54) is 25.3 Å². The summed E-state index contributed by atoms with van der Waals surface area (Å²) in [6.45, 7) is -0.383. The SMILES string of the molecule is COc1cccc(C(=O)NCC(=O)Nc2cccc(C(F)(F)F)c2)c1. The van der Waals surface area contributed by atoms with E-state index in [0.717, 1.165) is 12.1 Å². The van der Waals surface area contributed by atoms with Gasteiger partial charge in [0.1, 0.15) is 5.75 Å². The van der Waals surface area contributed by atoms with Gasteiger partial charge in [0.25, 0.3) is 5.91 Å². The van der Waals surface area contributed by atoms with E-state index >= 15 is 0 Å². The van der Waals surface area contributed by atoms with Gasteiger partial charge in [-0.2, -0.15) is 13.2 Å². The van der Waals surface area contributed by atoms with Crippen molar-refractivity contribution in [3.05, 3.63) is 59.7 Å². The highest BCUT2D eigenvalue weighted by Crippen LogP contribution is 2.30. The van der Waals surface area contributed by atoms with E-state index in [9.17, 15) is 22.8 Å². The van der Waals surface area contributed by atoms with Gasteiger partial charge in [0.15, 0.2) is 0 Å². The lowest BCUT2D eigenvalue weighted by atomic mass is 10.2. The normalized spacial score (nSPS) is 10.9. The van der Waals surface area contributed by atoms with Crippen molar-refractivity contribution in [2.75, 3.05) is 19.0 Å². The molecule has 132 valence electrons. The van der Waals surface area contributed by atoms with E-state index in [1.807, 2.05) is 0 Å². The van der Waals surface area contributed by atoms with Gasteiger partial charge in [-0.1, -0.05) is 12.1 Å². The third-order valence-corrected chi connectivity index (χ3v) is 3.22. The number of ether oxygens (including phenoxy) is 1. The molecule has 0 aliphatic heterocycles. The summed E-state index contributed by atoms with van der Waals surface area (Å²) in [7, 11) is 1.46. The number of benzene rings is 2. The average molecular weight is 352 g/mol. The monoisotopic (exact) mass is 352 g/mol. The summed E-state index contributed by atoms with van der Waals surface area (Å²) in [5.74, 6) is -0.658.